The summed E-state index contributed by atoms with van der Waals surface area (Å²) in [5.41, 5.74) is 1.15. The number of carboxylic acid groups (broad SMARTS) is 1. The largest absolute Gasteiger partial charge is 0.496 e. The van der Waals surface area contributed by atoms with Crippen molar-refractivity contribution in [3.8, 4) is 5.75 Å². The van der Waals surface area contributed by atoms with Gasteiger partial charge in [-0.05, 0) is 13.0 Å². The molecule has 0 aliphatic rings. The minimum Gasteiger partial charge on any atom is -0.496 e. The number of aromatic nitrogens is 1. The third-order valence-electron chi connectivity index (χ3n) is 2.58. The zero-order valence-electron chi connectivity index (χ0n) is 10.1. The third kappa shape index (κ3) is 2.51. The van der Waals surface area contributed by atoms with Crippen LogP contribution in [0.4, 0.5) is 0 Å². The van der Waals surface area contributed by atoms with E-state index in [0.29, 0.717) is 6.42 Å². The van der Waals surface area contributed by atoms with E-state index >= 15 is 0 Å². The number of ether oxygens (including phenoxy) is 1. The maximum Gasteiger partial charge on any atom is 0.355 e. The van der Waals surface area contributed by atoms with Gasteiger partial charge < -0.3 is 9.84 Å². The highest BCUT2D eigenvalue weighted by atomic mass is 32.1. The average Bonchev–Trinajstić information content (AvgIpc) is 2.71. The van der Waals surface area contributed by atoms with Crippen molar-refractivity contribution in [3.63, 3.8) is 0 Å². The van der Waals surface area contributed by atoms with Gasteiger partial charge in [-0.1, -0.05) is 18.2 Å². The molecule has 5 heteroatoms. The van der Waals surface area contributed by atoms with Gasteiger partial charge in [0.2, 0.25) is 0 Å². The SMILES string of the molecule is COc1ccccc1Cc1nc(C(=O)O)c(C)s1. The zero-order chi connectivity index (χ0) is 13.1. The lowest BCUT2D eigenvalue weighted by Crippen LogP contribution is -1.99. The Morgan fingerprint density at radius 2 is 2.17 bits per heavy atom. The summed E-state index contributed by atoms with van der Waals surface area (Å²) in [6.07, 6.45) is 0.586. The zero-order valence-corrected chi connectivity index (χ0v) is 11.0. The molecule has 18 heavy (non-hydrogen) atoms. The second kappa shape index (κ2) is 5.18. The van der Waals surface area contributed by atoms with Gasteiger partial charge in [-0.3, -0.25) is 0 Å². The number of carboxylic acids is 1. The summed E-state index contributed by atoms with van der Waals surface area (Å²) in [7, 11) is 1.62. The Bertz CT molecular complexity index is 577. The highest BCUT2D eigenvalue weighted by molar-refractivity contribution is 7.11. The molecule has 0 unspecified atom stereocenters. The molecule has 1 aromatic heterocycles. The van der Waals surface area contributed by atoms with E-state index in [1.807, 2.05) is 24.3 Å². The van der Waals surface area contributed by atoms with Crippen molar-refractivity contribution in [2.24, 2.45) is 0 Å². The first kappa shape index (κ1) is 12.6. The number of hydrogen-bond acceptors (Lipinski definition) is 4. The Hall–Kier alpha value is -1.88. The monoisotopic (exact) mass is 263 g/mol. The highest BCUT2D eigenvalue weighted by Crippen LogP contribution is 2.25. The van der Waals surface area contributed by atoms with Gasteiger partial charge in [-0.2, -0.15) is 0 Å². The van der Waals surface area contributed by atoms with E-state index in [4.69, 9.17) is 9.84 Å². The number of para-hydroxylation sites is 1. The predicted octanol–water partition coefficient (Wildman–Crippen LogP) is 2.75. The number of rotatable bonds is 4. The molecule has 94 valence electrons. The van der Waals surface area contributed by atoms with Crippen molar-refractivity contribution in [2.75, 3.05) is 7.11 Å². The molecule has 0 saturated heterocycles. The Morgan fingerprint density at radius 1 is 1.44 bits per heavy atom. The summed E-state index contributed by atoms with van der Waals surface area (Å²) in [5, 5.41) is 9.75. The van der Waals surface area contributed by atoms with Crippen LogP contribution < -0.4 is 4.74 Å². The first-order valence-corrected chi connectivity index (χ1v) is 6.25. The Morgan fingerprint density at radius 3 is 2.78 bits per heavy atom. The van der Waals surface area contributed by atoms with Crippen LogP contribution in [0.3, 0.4) is 0 Å². The summed E-state index contributed by atoms with van der Waals surface area (Å²) in [5.74, 6) is -0.183. The van der Waals surface area contributed by atoms with Crippen LogP contribution in [0.25, 0.3) is 0 Å². The van der Waals surface area contributed by atoms with E-state index < -0.39 is 5.97 Å². The van der Waals surface area contributed by atoms with Crippen molar-refractivity contribution in [2.45, 2.75) is 13.3 Å². The van der Waals surface area contributed by atoms with Crippen LogP contribution in [0.1, 0.15) is 25.9 Å². The summed E-state index contributed by atoms with van der Waals surface area (Å²) in [4.78, 5) is 15.8. The minimum absolute atomic E-state index is 0.143. The topological polar surface area (TPSA) is 59.4 Å². The number of hydrogen-bond donors (Lipinski definition) is 1. The third-order valence-corrected chi connectivity index (χ3v) is 3.55. The molecular formula is C13H13NO3S. The molecule has 0 radical (unpaired) electrons. The van der Waals surface area contributed by atoms with Crippen molar-refractivity contribution < 1.29 is 14.6 Å². The fourth-order valence-electron chi connectivity index (χ4n) is 1.74. The Kier molecular flexibility index (Phi) is 3.62. The fourth-order valence-corrected chi connectivity index (χ4v) is 2.68. The average molecular weight is 263 g/mol. The van der Waals surface area contributed by atoms with Crippen molar-refractivity contribution in [1.82, 2.24) is 4.98 Å². The number of aromatic carboxylic acids is 1. The maximum absolute atomic E-state index is 10.9. The molecule has 0 atom stereocenters. The standard InChI is InChI=1S/C13H13NO3S/c1-8-12(13(15)16)14-11(18-8)7-9-5-3-4-6-10(9)17-2/h3-6H,7H2,1-2H3,(H,15,16). The quantitative estimate of drug-likeness (QED) is 0.921. The summed E-state index contributed by atoms with van der Waals surface area (Å²) in [6, 6.07) is 7.67. The lowest BCUT2D eigenvalue weighted by atomic mass is 10.1. The van der Waals surface area contributed by atoms with Crippen LogP contribution in [0.15, 0.2) is 24.3 Å². The van der Waals surface area contributed by atoms with Gasteiger partial charge in [-0.15, -0.1) is 11.3 Å². The van der Waals surface area contributed by atoms with E-state index in [0.717, 1.165) is 21.2 Å². The molecule has 0 aliphatic heterocycles. The minimum atomic E-state index is -0.977. The summed E-state index contributed by atoms with van der Waals surface area (Å²) in [6.45, 7) is 1.77. The first-order valence-electron chi connectivity index (χ1n) is 5.43. The number of benzene rings is 1. The van der Waals surface area contributed by atoms with Crippen LogP contribution in [0.5, 0.6) is 5.75 Å². The van der Waals surface area contributed by atoms with Gasteiger partial charge in [0.1, 0.15) is 5.75 Å². The van der Waals surface area contributed by atoms with Gasteiger partial charge >= 0.3 is 5.97 Å². The van der Waals surface area contributed by atoms with Gasteiger partial charge in [0.25, 0.3) is 0 Å². The smallest absolute Gasteiger partial charge is 0.355 e. The first-order chi connectivity index (χ1) is 8.61. The predicted molar refractivity (Wildman–Crippen MR) is 69.6 cm³/mol. The molecule has 0 fully saturated rings. The number of aryl methyl sites for hydroxylation is 1. The molecule has 1 aromatic carbocycles. The number of carbonyl (C=O) groups is 1. The maximum atomic E-state index is 10.9. The van der Waals surface area contributed by atoms with E-state index in [1.165, 1.54) is 11.3 Å². The molecular weight excluding hydrogens is 250 g/mol. The normalized spacial score (nSPS) is 10.3. The second-order valence-electron chi connectivity index (χ2n) is 3.81. The number of thiazole rings is 1. The van der Waals surface area contributed by atoms with E-state index in [1.54, 1.807) is 14.0 Å². The number of nitrogens with zero attached hydrogens (tertiary/aromatic N) is 1. The van der Waals surface area contributed by atoms with E-state index in [-0.39, 0.29) is 5.69 Å². The molecule has 0 amide bonds. The molecule has 2 aromatic rings. The molecule has 0 spiro atoms. The Balaban J connectivity index is 2.29. The van der Waals surface area contributed by atoms with Crippen LogP contribution in [0, 0.1) is 6.92 Å². The molecule has 1 N–H and O–H groups in total. The summed E-state index contributed by atoms with van der Waals surface area (Å²) >= 11 is 1.41. The van der Waals surface area contributed by atoms with Gasteiger partial charge in [0, 0.05) is 16.9 Å². The molecule has 2 rings (SSSR count). The second-order valence-corrected chi connectivity index (χ2v) is 5.09. The van der Waals surface area contributed by atoms with Crippen LogP contribution in [-0.4, -0.2) is 23.2 Å². The van der Waals surface area contributed by atoms with Crippen molar-refractivity contribution >= 4 is 17.3 Å². The van der Waals surface area contributed by atoms with Gasteiger partial charge in [0.15, 0.2) is 5.69 Å². The van der Waals surface area contributed by atoms with Crippen LogP contribution in [0.2, 0.25) is 0 Å². The Labute approximate surface area is 109 Å². The fraction of sp³-hybridized carbons (Fsp3) is 0.231. The highest BCUT2D eigenvalue weighted by Gasteiger charge is 2.15. The van der Waals surface area contributed by atoms with Crippen molar-refractivity contribution in [3.05, 3.63) is 45.4 Å². The lowest BCUT2D eigenvalue weighted by molar-refractivity contribution is 0.0690. The molecule has 1 heterocycles. The van der Waals surface area contributed by atoms with Crippen LogP contribution >= 0.6 is 11.3 Å². The number of methoxy groups -OCH3 is 1. The van der Waals surface area contributed by atoms with Crippen LogP contribution in [-0.2, 0) is 6.42 Å². The molecule has 0 bridgehead atoms. The molecule has 0 aliphatic carbocycles. The van der Waals surface area contributed by atoms with E-state index in [9.17, 15) is 4.79 Å². The lowest BCUT2D eigenvalue weighted by Gasteiger charge is -2.05. The van der Waals surface area contributed by atoms with E-state index in [2.05, 4.69) is 4.98 Å². The van der Waals surface area contributed by atoms with Gasteiger partial charge in [0.05, 0.1) is 12.1 Å². The molecule has 4 nitrogen and oxygen atoms in total. The summed E-state index contributed by atoms with van der Waals surface area (Å²) < 4.78 is 5.26. The van der Waals surface area contributed by atoms with Gasteiger partial charge in [-0.25, -0.2) is 9.78 Å². The van der Waals surface area contributed by atoms with Crippen molar-refractivity contribution in [1.29, 1.82) is 0 Å². The molecule has 0 saturated carbocycles.